The maximum Gasteiger partial charge on any atom is 0.234 e. The van der Waals surface area contributed by atoms with Crippen molar-refractivity contribution in [3.8, 4) is 5.75 Å². The van der Waals surface area contributed by atoms with Crippen molar-refractivity contribution < 1.29 is 14.6 Å². The molecule has 1 aromatic rings. The van der Waals surface area contributed by atoms with Gasteiger partial charge in [-0.2, -0.15) is 0 Å². The Hall–Kier alpha value is -1.30. The summed E-state index contributed by atoms with van der Waals surface area (Å²) in [5.74, 6) is 0.0465. The number of ether oxygens (including phenoxy) is 1. The number of likely N-dealkylation sites (N-methyl/N-ethyl adjacent to an activating group) is 1. The Balaban J connectivity index is 2.46. The second-order valence-corrected chi connectivity index (χ2v) is 4.66. The van der Waals surface area contributed by atoms with Gasteiger partial charge in [0.1, 0.15) is 5.75 Å². The first-order valence-electron chi connectivity index (χ1n) is 5.95. The molecule has 0 aliphatic rings. The van der Waals surface area contributed by atoms with Crippen molar-refractivity contribution in [1.82, 2.24) is 10.2 Å². The van der Waals surface area contributed by atoms with Gasteiger partial charge in [0.15, 0.2) is 0 Å². The van der Waals surface area contributed by atoms with E-state index in [0.717, 1.165) is 0 Å². The molecule has 0 saturated heterocycles. The van der Waals surface area contributed by atoms with Gasteiger partial charge in [0.2, 0.25) is 5.91 Å². The Bertz CT molecular complexity index is 406. The molecule has 106 valence electrons. The number of methoxy groups -OCH3 is 1. The van der Waals surface area contributed by atoms with Gasteiger partial charge < -0.3 is 15.2 Å². The molecule has 0 spiro atoms. The summed E-state index contributed by atoms with van der Waals surface area (Å²) in [5.41, 5.74) is 0.622. The molecule has 19 heavy (non-hydrogen) atoms. The van der Waals surface area contributed by atoms with Crippen molar-refractivity contribution >= 4 is 17.5 Å². The number of hydrogen-bond acceptors (Lipinski definition) is 4. The zero-order valence-electron chi connectivity index (χ0n) is 11.1. The number of halogens is 1. The average Bonchev–Trinajstić information content (AvgIpc) is 2.34. The maximum absolute atomic E-state index is 11.6. The second kappa shape index (κ2) is 7.99. The van der Waals surface area contributed by atoms with E-state index >= 15 is 0 Å². The fraction of sp³-hybridized carbons (Fsp3) is 0.462. The van der Waals surface area contributed by atoms with Gasteiger partial charge in [-0.15, -0.1) is 0 Å². The number of carbonyl (C=O) groups is 1. The van der Waals surface area contributed by atoms with Crippen LogP contribution >= 0.6 is 11.6 Å². The molecule has 0 aromatic heterocycles. The summed E-state index contributed by atoms with van der Waals surface area (Å²) in [5, 5.41) is 12.9. The predicted molar refractivity (Wildman–Crippen MR) is 74.3 cm³/mol. The number of nitrogens with one attached hydrogen (secondary N) is 1. The summed E-state index contributed by atoms with van der Waals surface area (Å²) in [7, 11) is 3.37. The van der Waals surface area contributed by atoms with Crippen molar-refractivity contribution in [3.63, 3.8) is 0 Å². The Morgan fingerprint density at radius 2 is 2.26 bits per heavy atom. The minimum absolute atomic E-state index is 0.0916. The molecule has 0 radical (unpaired) electrons. The highest BCUT2D eigenvalue weighted by Crippen LogP contribution is 2.26. The number of carbonyl (C=O) groups excluding carboxylic acids is 1. The third-order valence-electron chi connectivity index (χ3n) is 2.56. The van der Waals surface area contributed by atoms with E-state index < -0.39 is 0 Å². The lowest BCUT2D eigenvalue weighted by Gasteiger charge is -2.17. The van der Waals surface area contributed by atoms with Crippen LogP contribution in [0, 0.1) is 0 Å². The Morgan fingerprint density at radius 3 is 2.89 bits per heavy atom. The van der Waals surface area contributed by atoms with Crippen molar-refractivity contribution in [2.45, 2.75) is 6.54 Å². The molecule has 5 nitrogen and oxygen atoms in total. The van der Waals surface area contributed by atoms with E-state index in [-0.39, 0.29) is 18.2 Å². The van der Waals surface area contributed by atoms with E-state index in [2.05, 4.69) is 5.32 Å². The molecule has 1 aromatic carbocycles. The molecule has 0 atom stereocenters. The van der Waals surface area contributed by atoms with Crippen molar-refractivity contribution in [2.24, 2.45) is 0 Å². The van der Waals surface area contributed by atoms with Crippen LogP contribution in [0.1, 0.15) is 5.56 Å². The molecule has 0 aliphatic heterocycles. The third kappa shape index (κ3) is 5.46. The lowest BCUT2D eigenvalue weighted by atomic mass is 10.2. The lowest BCUT2D eigenvalue weighted by Crippen LogP contribution is -2.36. The molecule has 2 N–H and O–H groups in total. The van der Waals surface area contributed by atoms with Crippen LogP contribution in [0.2, 0.25) is 5.02 Å². The highest BCUT2D eigenvalue weighted by molar-refractivity contribution is 6.31. The molecule has 1 rings (SSSR count). The van der Waals surface area contributed by atoms with Gasteiger partial charge in [-0.25, -0.2) is 0 Å². The summed E-state index contributed by atoms with van der Waals surface area (Å²) in [6, 6.07) is 4.97. The van der Waals surface area contributed by atoms with Crippen LogP contribution in [-0.2, 0) is 16.1 Å². The van der Waals surface area contributed by atoms with Crippen LogP contribution in [0.4, 0.5) is 0 Å². The standard InChI is InChI=1S/C13H19ClN2O3/c1-16(9-13(18)15-6-7-19-2)8-10-11(14)4-3-5-12(10)17/h3-5,17H,6-9H2,1-2H3,(H,15,18). The predicted octanol–water partition coefficient (Wildman–Crippen LogP) is 1.24. The Morgan fingerprint density at radius 1 is 1.53 bits per heavy atom. The fourth-order valence-electron chi connectivity index (χ4n) is 1.62. The van der Waals surface area contributed by atoms with E-state index in [1.807, 2.05) is 0 Å². The largest absolute Gasteiger partial charge is 0.508 e. The number of rotatable bonds is 7. The first kappa shape index (κ1) is 15.8. The molecule has 0 heterocycles. The minimum atomic E-state index is -0.0916. The summed E-state index contributed by atoms with van der Waals surface area (Å²) < 4.78 is 4.85. The first-order valence-corrected chi connectivity index (χ1v) is 6.33. The molecule has 0 fully saturated rings. The van der Waals surface area contributed by atoms with Gasteiger partial charge in [0.25, 0.3) is 0 Å². The molecule has 0 bridgehead atoms. The van der Waals surface area contributed by atoms with Crippen molar-refractivity contribution in [1.29, 1.82) is 0 Å². The average molecular weight is 287 g/mol. The summed E-state index contributed by atoms with van der Waals surface area (Å²) in [6.45, 7) is 1.61. The summed E-state index contributed by atoms with van der Waals surface area (Å²) >= 11 is 6.01. The molecule has 0 unspecified atom stereocenters. The van der Waals surface area contributed by atoms with Crippen LogP contribution in [0.5, 0.6) is 5.75 Å². The van der Waals surface area contributed by atoms with E-state index in [1.165, 1.54) is 0 Å². The van der Waals surface area contributed by atoms with Crippen molar-refractivity contribution in [3.05, 3.63) is 28.8 Å². The van der Waals surface area contributed by atoms with Crippen molar-refractivity contribution in [2.75, 3.05) is 33.9 Å². The topological polar surface area (TPSA) is 61.8 Å². The number of phenols is 1. The molecule has 1 amide bonds. The fourth-order valence-corrected chi connectivity index (χ4v) is 1.85. The molecule has 0 saturated carbocycles. The number of hydrogen-bond donors (Lipinski definition) is 2. The van der Waals surface area contributed by atoms with Gasteiger partial charge >= 0.3 is 0 Å². The van der Waals surface area contributed by atoms with Crippen LogP contribution in [0.25, 0.3) is 0 Å². The highest BCUT2D eigenvalue weighted by Gasteiger charge is 2.11. The number of aromatic hydroxyl groups is 1. The highest BCUT2D eigenvalue weighted by atomic mass is 35.5. The molecule has 0 aliphatic carbocycles. The third-order valence-corrected chi connectivity index (χ3v) is 2.92. The minimum Gasteiger partial charge on any atom is -0.508 e. The lowest BCUT2D eigenvalue weighted by molar-refractivity contribution is -0.122. The van der Waals surface area contributed by atoms with E-state index in [9.17, 15) is 9.90 Å². The molecule has 6 heteroatoms. The normalized spacial score (nSPS) is 10.7. The van der Waals surface area contributed by atoms with Crippen LogP contribution in [-0.4, -0.2) is 49.8 Å². The van der Waals surface area contributed by atoms with Crippen LogP contribution in [0.3, 0.4) is 0 Å². The van der Waals surface area contributed by atoms with Gasteiger partial charge in [-0.05, 0) is 19.2 Å². The zero-order chi connectivity index (χ0) is 14.3. The number of amides is 1. The van der Waals surface area contributed by atoms with Gasteiger partial charge in [0, 0.05) is 30.8 Å². The Labute approximate surface area is 118 Å². The Kier molecular flexibility index (Phi) is 6.62. The number of phenolic OH excluding ortho intramolecular Hbond substituents is 1. The number of benzene rings is 1. The van der Waals surface area contributed by atoms with Gasteiger partial charge in [-0.1, -0.05) is 17.7 Å². The monoisotopic (exact) mass is 286 g/mol. The zero-order valence-corrected chi connectivity index (χ0v) is 11.9. The SMILES string of the molecule is COCCNC(=O)CN(C)Cc1c(O)cccc1Cl. The van der Waals surface area contributed by atoms with E-state index in [4.69, 9.17) is 16.3 Å². The first-order chi connectivity index (χ1) is 9.04. The van der Waals surface area contributed by atoms with E-state index in [1.54, 1.807) is 37.3 Å². The summed E-state index contributed by atoms with van der Waals surface area (Å²) in [4.78, 5) is 13.4. The smallest absolute Gasteiger partial charge is 0.234 e. The van der Waals surface area contributed by atoms with Gasteiger partial charge in [-0.3, -0.25) is 9.69 Å². The van der Waals surface area contributed by atoms with Gasteiger partial charge in [0.05, 0.1) is 13.2 Å². The van der Waals surface area contributed by atoms with E-state index in [0.29, 0.717) is 30.3 Å². The van der Waals surface area contributed by atoms with Crippen LogP contribution < -0.4 is 5.32 Å². The van der Waals surface area contributed by atoms with Crippen LogP contribution in [0.15, 0.2) is 18.2 Å². The quantitative estimate of drug-likeness (QED) is 0.741. The molecular formula is C13H19ClN2O3. The number of nitrogens with zero attached hydrogens (tertiary/aromatic N) is 1. The second-order valence-electron chi connectivity index (χ2n) is 4.25. The molecular weight excluding hydrogens is 268 g/mol. The maximum atomic E-state index is 11.6. The summed E-state index contributed by atoms with van der Waals surface area (Å²) in [6.07, 6.45) is 0.